The first-order valence-electron chi connectivity index (χ1n) is 9.83. The van der Waals surface area contributed by atoms with Gasteiger partial charge in [-0.1, -0.05) is 30.3 Å². The van der Waals surface area contributed by atoms with E-state index in [0.29, 0.717) is 6.54 Å². The van der Waals surface area contributed by atoms with Crippen LogP contribution in [0.25, 0.3) is 0 Å². The summed E-state index contributed by atoms with van der Waals surface area (Å²) in [4.78, 5) is 14.9. The number of hydrogen-bond donors (Lipinski definition) is 1. The Bertz CT molecular complexity index is 782. The number of carbonyl (C=O) groups is 1. The lowest BCUT2D eigenvalue weighted by atomic mass is 10.1. The number of aryl methyl sites for hydroxylation is 2. The Morgan fingerprint density at radius 3 is 2.56 bits per heavy atom. The molecule has 1 saturated heterocycles. The van der Waals surface area contributed by atoms with Gasteiger partial charge in [0.05, 0.1) is 0 Å². The lowest BCUT2D eigenvalue weighted by molar-refractivity contribution is -0.127. The number of nitrogens with one attached hydrogen (secondary N) is 1. The highest BCUT2D eigenvalue weighted by molar-refractivity contribution is 5.80. The standard InChI is InChI=1S/C23H30N2O2/c1-17-9-10-22(13-18(17)2)27-19(3)23(26)24-15-20-7-6-8-21(14-20)16-25-11-4-5-12-25/h6-10,13-14,19H,4-5,11-12,15-16H2,1-3H3,(H,24,26). The summed E-state index contributed by atoms with van der Waals surface area (Å²) in [5, 5.41) is 2.99. The minimum absolute atomic E-state index is 0.0989. The van der Waals surface area contributed by atoms with Crippen LogP contribution < -0.4 is 10.1 Å². The van der Waals surface area contributed by atoms with Crippen molar-refractivity contribution in [1.82, 2.24) is 10.2 Å². The highest BCUT2D eigenvalue weighted by atomic mass is 16.5. The summed E-state index contributed by atoms with van der Waals surface area (Å²) in [7, 11) is 0. The summed E-state index contributed by atoms with van der Waals surface area (Å²) in [6.45, 7) is 9.79. The molecule has 0 radical (unpaired) electrons. The van der Waals surface area contributed by atoms with Gasteiger partial charge in [-0.3, -0.25) is 9.69 Å². The van der Waals surface area contributed by atoms with Crippen molar-refractivity contribution in [2.75, 3.05) is 13.1 Å². The van der Waals surface area contributed by atoms with Crippen LogP contribution in [0.15, 0.2) is 42.5 Å². The largest absolute Gasteiger partial charge is 0.481 e. The molecule has 1 heterocycles. The van der Waals surface area contributed by atoms with Crippen molar-refractivity contribution in [1.29, 1.82) is 0 Å². The Morgan fingerprint density at radius 1 is 1.07 bits per heavy atom. The van der Waals surface area contributed by atoms with Gasteiger partial charge >= 0.3 is 0 Å². The molecule has 1 N–H and O–H groups in total. The van der Waals surface area contributed by atoms with Crippen molar-refractivity contribution in [3.8, 4) is 5.75 Å². The Hall–Kier alpha value is -2.33. The molecule has 1 atom stereocenters. The van der Waals surface area contributed by atoms with E-state index < -0.39 is 6.10 Å². The molecule has 1 aliphatic heterocycles. The first kappa shape index (κ1) is 19.4. The van der Waals surface area contributed by atoms with E-state index in [0.717, 1.165) is 23.4 Å². The zero-order chi connectivity index (χ0) is 19.2. The van der Waals surface area contributed by atoms with E-state index in [1.165, 1.54) is 37.1 Å². The predicted molar refractivity (Wildman–Crippen MR) is 109 cm³/mol. The van der Waals surface area contributed by atoms with Gasteiger partial charge in [-0.05, 0) is 81.1 Å². The number of ether oxygens (including phenoxy) is 1. The van der Waals surface area contributed by atoms with Crippen molar-refractivity contribution in [2.24, 2.45) is 0 Å². The third-order valence-corrected chi connectivity index (χ3v) is 5.22. The van der Waals surface area contributed by atoms with E-state index in [-0.39, 0.29) is 5.91 Å². The van der Waals surface area contributed by atoms with Gasteiger partial charge in [-0.25, -0.2) is 0 Å². The summed E-state index contributed by atoms with van der Waals surface area (Å²) in [5.41, 5.74) is 4.81. The van der Waals surface area contributed by atoms with Crippen LogP contribution in [0.2, 0.25) is 0 Å². The molecule has 2 aromatic rings. The van der Waals surface area contributed by atoms with Crippen LogP contribution in [-0.2, 0) is 17.9 Å². The minimum Gasteiger partial charge on any atom is -0.481 e. The van der Waals surface area contributed by atoms with Gasteiger partial charge in [0.15, 0.2) is 6.10 Å². The van der Waals surface area contributed by atoms with Crippen molar-refractivity contribution in [3.05, 3.63) is 64.7 Å². The molecular formula is C23H30N2O2. The molecule has 4 nitrogen and oxygen atoms in total. The van der Waals surface area contributed by atoms with E-state index in [1.54, 1.807) is 6.92 Å². The molecule has 0 aromatic heterocycles. The van der Waals surface area contributed by atoms with Gasteiger partial charge in [0, 0.05) is 13.1 Å². The van der Waals surface area contributed by atoms with Crippen LogP contribution >= 0.6 is 0 Å². The number of carbonyl (C=O) groups excluding carboxylic acids is 1. The van der Waals surface area contributed by atoms with Crippen LogP contribution in [0.1, 0.15) is 42.0 Å². The van der Waals surface area contributed by atoms with Crippen molar-refractivity contribution >= 4 is 5.91 Å². The van der Waals surface area contributed by atoms with Crippen molar-refractivity contribution in [2.45, 2.75) is 52.8 Å². The Balaban J connectivity index is 1.51. The van der Waals surface area contributed by atoms with E-state index in [9.17, 15) is 4.79 Å². The average Bonchev–Trinajstić information content (AvgIpc) is 3.16. The predicted octanol–water partition coefficient (Wildman–Crippen LogP) is 3.98. The van der Waals surface area contributed by atoms with Gasteiger partial charge in [0.2, 0.25) is 0 Å². The number of benzene rings is 2. The molecule has 144 valence electrons. The molecule has 2 aromatic carbocycles. The molecule has 1 fully saturated rings. The van der Waals surface area contributed by atoms with E-state index in [1.807, 2.05) is 25.1 Å². The summed E-state index contributed by atoms with van der Waals surface area (Å²) in [6.07, 6.45) is 2.07. The Kier molecular flexibility index (Phi) is 6.51. The molecule has 0 bridgehead atoms. The number of likely N-dealkylation sites (tertiary alicyclic amines) is 1. The molecule has 0 saturated carbocycles. The summed E-state index contributed by atoms with van der Waals surface area (Å²) in [6, 6.07) is 14.4. The smallest absolute Gasteiger partial charge is 0.261 e. The molecular weight excluding hydrogens is 336 g/mol. The first-order chi connectivity index (χ1) is 13.0. The van der Waals surface area contributed by atoms with Gasteiger partial charge in [-0.2, -0.15) is 0 Å². The number of hydrogen-bond acceptors (Lipinski definition) is 3. The van der Waals surface area contributed by atoms with Crippen molar-refractivity contribution < 1.29 is 9.53 Å². The molecule has 27 heavy (non-hydrogen) atoms. The second-order valence-corrected chi connectivity index (χ2v) is 7.53. The maximum Gasteiger partial charge on any atom is 0.261 e. The Labute approximate surface area is 162 Å². The second kappa shape index (κ2) is 9.05. The molecule has 4 heteroatoms. The quantitative estimate of drug-likeness (QED) is 0.806. The highest BCUT2D eigenvalue weighted by Crippen LogP contribution is 2.18. The lowest BCUT2D eigenvalue weighted by Crippen LogP contribution is -2.35. The number of amides is 1. The second-order valence-electron chi connectivity index (χ2n) is 7.53. The van der Waals surface area contributed by atoms with Crippen molar-refractivity contribution in [3.63, 3.8) is 0 Å². The zero-order valence-corrected chi connectivity index (χ0v) is 16.6. The van der Waals surface area contributed by atoms with E-state index >= 15 is 0 Å². The first-order valence-corrected chi connectivity index (χ1v) is 9.83. The van der Waals surface area contributed by atoms with Crippen LogP contribution in [0, 0.1) is 13.8 Å². The average molecular weight is 367 g/mol. The highest BCUT2D eigenvalue weighted by Gasteiger charge is 2.15. The minimum atomic E-state index is -0.528. The van der Waals surface area contributed by atoms with E-state index in [2.05, 4.69) is 41.4 Å². The third-order valence-electron chi connectivity index (χ3n) is 5.22. The summed E-state index contributed by atoms with van der Waals surface area (Å²) >= 11 is 0. The summed E-state index contributed by atoms with van der Waals surface area (Å²) in [5.74, 6) is 0.631. The van der Waals surface area contributed by atoms with Crippen LogP contribution in [-0.4, -0.2) is 30.0 Å². The van der Waals surface area contributed by atoms with Crippen LogP contribution in [0.4, 0.5) is 0 Å². The van der Waals surface area contributed by atoms with Gasteiger partial charge < -0.3 is 10.1 Å². The fourth-order valence-corrected chi connectivity index (χ4v) is 3.41. The monoisotopic (exact) mass is 366 g/mol. The van der Waals surface area contributed by atoms with Gasteiger partial charge in [0.25, 0.3) is 5.91 Å². The topological polar surface area (TPSA) is 41.6 Å². The Morgan fingerprint density at radius 2 is 1.81 bits per heavy atom. The maximum atomic E-state index is 12.4. The molecule has 1 aliphatic rings. The molecule has 1 unspecified atom stereocenters. The van der Waals surface area contributed by atoms with Crippen LogP contribution in [0.5, 0.6) is 5.75 Å². The number of nitrogens with zero attached hydrogens (tertiary/aromatic N) is 1. The fourth-order valence-electron chi connectivity index (χ4n) is 3.41. The van der Waals surface area contributed by atoms with Gasteiger partial charge in [-0.15, -0.1) is 0 Å². The third kappa shape index (κ3) is 5.57. The van der Waals surface area contributed by atoms with E-state index in [4.69, 9.17) is 4.74 Å². The molecule has 0 aliphatic carbocycles. The van der Waals surface area contributed by atoms with Crippen LogP contribution in [0.3, 0.4) is 0 Å². The molecule has 1 amide bonds. The maximum absolute atomic E-state index is 12.4. The normalized spacial score (nSPS) is 15.5. The molecule has 0 spiro atoms. The number of rotatable bonds is 7. The molecule has 3 rings (SSSR count). The fraction of sp³-hybridized carbons (Fsp3) is 0.435. The van der Waals surface area contributed by atoms with Gasteiger partial charge in [0.1, 0.15) is 5.75 Å². The lowest BCUT2D eigenvalue weighted by Gasteiger charge is -2.17. The zero-order valence-electron chi connectivity index (χ0n) is 16.6. The SMILES string of the molecule is Cc1ccc(OC(C)C(=O)NCc2cccc(CN3CCCC3)c2)cc1C. The summed E-state index contributed by atoms with van der Waals surface area (Å²) < 4.78 is 5.79.